The largest absolute Gasteiger partial charge is 0.308 e. The summed E-state index contributed by atoms with van der Waals surface area (Å²) >= 11 is 0. The van der Waals surface area contributed by atoms with Crippen molar-refractivity contribution in [1.29, 1.82) is 0 Å². The summed E-state index contributed by atoms with van der Waals surface area (Å²) in [5.41, 5.74) is 7.75. The van der Waals surface area contributed by atoms with Gasteiger partial charge >= 0.3 is 0 Å². The van der Waals surface area contributed by atoms with E-state index in [1.807, 2.05) is 86.6 Å². The molecule has 0 aliphatic heterocycles. The number of fused-ring (bicyclic) bond motifs is 5. The number of nitrogens with zero attached hydrogens (tertiary/aromatic N) is 1. The van der Waals surface area contributed by atoms with E-state index >= 15 is 0 Å². The van der Waals surface area contributed by atoms with Crippen LogP contribution in [0.1, 0.15) is 16.7 Å². The molecule has 4 aromatic carbocycles. The van der Waals surface area contributed by atoms with Crippen LogP contribution in [0.3, 0.4) is 0 Å². The third kappa shape index (κ3) is 3.21. The molecule has 6 aromatic rings. The zero-order valence-corrected chi connectivity index (χ0v) is 20.7. The number of sulfone groups is 1. The summed E-state index contributed by atoms with van der Waals surface area (Å²) in [6.45, 7) is 6.10. The van der Waals surface area contributed by atoms with Crippen molar-refractivity contribution >= 4 is 37.2 Å². The molecule has 2 aromatic heterocycles. The van der Waals surface area contributed by atoms with E-state index in [2.05, 4.69) is 23.5 Å². The number of benzene rings is 4. The van der Waals surface area contributed by atoms with E-state index < -0.39 is 9.84 Å². The molecule has 0 saturated heterocycles. The van der Waals surface area contributed by atoms with E-state index in [-0.39, 0.29) is 0 Å². The average Bonchev–Trinajstić information content (AvgIpc) is 3.17. The molecule has 0 atom stereocenters. The van der Waals surface area contributed by atoms with Gasteiger partial charge in [0.15, 0.2) is 0 Å². The van der Waals surface area contributed by atoms with Gasteiger partial charge in [0.25, 0.3) is 0 Å². The van der Waals surface area contributed by atoms with Crippen molar-refractivity contribution in [1.82, 2.24) is 4.40 Å². The maximum atomic E-state index is 14.4. The zero-order valence-electron chi connectivity index (χ0n) is 19.9. The first-order chi connectivity index (χ1) is 16.9. The molecule has 0 spiro atoms. The number of pyridine rings is 1. The third-order valence-electron chi connectivity index (χ3n) is 6.92. The van der Waals surface area contributed by atoms with Gasteiger partial charge in [-0.1, -0.05) is 83.9 Å². The standard InChI is InChI=1S/C31H25NO2S/c1-20-12-16-23(17-13-20)29-30-22(3)25-8-4-6-10-27(25)32(30)28-11-7-5-9-26(28)31(29)35(33,34)24-18-14-21(2)15-19-24/h4-19H,1-3H3. The third-order valence-corrected chi connectivity index (χ3v) is 8.78. The van der Waals surface area contributed by atoms with Gasteiger partial charge in [-0.2, -0.15) is 0 Å². The Labute approximate surface area is 205 Å². The number of aromatic nitrogens is 1. The minimum atomic E-state index is -3.83. The van der Waals surface area contributed by atoms with Crippen LogP contribution in [-0.4, -0.2) is 12.8 Å². The molecule has 4 heteroatoms. The van der Waals surface area contributed by atoms with Crippen molar-refractivity contribution in [2.24, 2.45) is 0 Å². The molecule has 0 aliphatic rings. The Balaban J connectivity index is 1.90. The number of rotatable bonds is 3. The summed E-state index contributed by atoms with van der Waals surface area (Å²) in [5.74, 6) is 0. The molecule has 0 unspecified atom stereocenters. The smallest absolute Gasteiger partial charge is 0.207 e. The van der Waals surface area contributed by atoms with Gasteiger partial charge in [0.2, 0.25) is 9.84 Å². The molecular weight excluding hydrogens is 450 g/mol. The molecule has 0 saturated carbocycles. The van der Waals surface area contributed by atoms with Gasteiger partial charge in [-0.25, -0.2) is 8.42 Å². The summed E-state index contributed by atoms with van der Waals surface area (Å²) in [5, 5.41) is 1.84. The predicted molar refractivity (Wildman–Crippen MR) is 144 cm³/mol. The Morgan fingerprint density at radius 1 is 0.600 bits per heavy atom. The highest BCUT2D eigenvalue weighted by Crippen LogP contribution is 2.44. The van der Waals surface area contributed by atoms with E-state index in [0.717, 1.165) is 55.1 Å². The van der Waals surface area contributed by atoms with Crippen molar-refractivity contribution in [3.8, 4) is 11.1 Å². The van der Waals surface area contributed by atoms with Crippen molar-refractivity contribution < 1.29 is 8.42 Å². The molecule has 0 N–H and O–H groups in total. The maximum Gasteiger partial charge on any atom is 0.207 e. The molecule has 0 aliphatic carbocycles. The summed E-state index contributed by atoms with van der Waals surface area (Å²) in [4.78, 5) is 0.666. The Bertz CT molecular complexity index is 1860. The molecular formula is C31H25NO2S. The lowest BCUT2D eigenvalue weighted by atomic mass is 9.99. The minimum absolute atomic E-state index is 0.305. The molecule has 3 nitrogen and oxygen atoms in total. The lowest BCUT2D eigenvalue weighted by molar-refractivity contribution is 0.597. The molecule has 6 rings (SSSR count). The van der Waals surface area contributed by atoms with Crippen LogP contribution in [0.25, 0.3) is 38.4 Å². The summed E-state index contributed by atoms with van der Waals surface area (Å²) < 4.78 is 31.0. The van der Waals surface area contributed by atoms with Gasteiger partial charge in [0, 0.05) is 16.3 Å². The van der Waals surface area contributed by atoms with Crippen LogP contribution in [0.2, 0.25) is 0 Å². The topological polar surface area (TPSA) is 38.5 Å². The Kier molecular flexibility index (Phi) is 4.83. The number of aryl methyl sites for hydroxylation is 3. The van der Waals surface area contributed by atoms with Crippen LogP contribution in [-0.2, 0) is 9.84 Å². The van der Waals surface area contributed by atoms with Crippen LogP contribution < -0.4 is 0 Å². The van der Waals surface area contributed by atoms with Crippen LogP contribution in [0, 0.1) is 20.8 Å². The van der Waals surface area contributed by atoms with Gasteiger partial charge in [-0.3, -0.25) is 0 Å². The number of para-hydroxylation sites is 2. The fourth-order valence-corrected chi connectivity index (χ4v) is 6.83. The molecule has 0 radical (unpaired) electrons. The van der Waals surface area contributed by atoms with Crippen molar-refractivity contribution in [3.63, 3.8) is 0 Å². The Hall–Kier alpha value is -3.89. The number of hydrogen-bond donors (Lipinski definition) is 0. The van der Waals surface area contributed by atoms with Crippen molar-refractivity contribution in [2.75, 3.05) is 0 Å². The predicted octanol–water partition coefficient (Wildman–Crippen LogP) is 7.67. The van der Waals surface area contributed by atoms with Gasteiger partial charge in [0.05, 0.1) is 26.3 Å². The van der Waals surface area contributed by atoms with Crippen LogP contribution in [0.15, 0.2) is 107 Å². The van der Waals surface area contributed by atoms with Gasteiger partial charge in [-0.05, 0) is 56.2 Å². The van der Waals surface area contributed by atoms with E-state index in [1.165, 1.54) is 0 Å². The lowest BCUT2D eigenvalue weighted by Crippen LogP contribution is -2.08. The molecule has 2 heterocycles. The molecule has 35 heavy (non-hydrogen) atoms. The minimum Gasteiger partial charge on any atom is -0.308 e. The summed E-state index contributed by atoms with van der Waals surface area (Å²) in [6, 6.07) is 31.4. The second-order valence-electron chi connectivity index (χ2n) is 9.23. The van der Waals surface area contributed by atoms with E-state index in [4.69, 9.17) is 0 Å². The van der Waals surface area contributed by atoms with E-state index in [9.17, 15) is 8.42 Å². The van der Waals surface area contributed by atoms with Gasteiger partial charge in [0.1, 0.15) is 0 Å². The van der Waals surface area contributed by atoms with E-state index in [1.54, 1.807) is 12.1 Å². The molecule has 172 valence electrons. The first-order valence-corrected chi connectivity index (χ1v) is 13.2. The zero-order chi connectivity index (χ0) is 24.3. The van der Waals surface area contributed by atoms with Crippen LogP contribution in [0.4, 0.5) is 0 Å². The highest BCUT2D eigenvalue weighted by atomic mass is 32.2. The molecule has 0 amide bonds. The SMILES string of the molecule is Cc1ccc(-c2c(S(=O)(=O)c3ccc(C)cc3)c3ccccc3n3c2c(C)c2ccccc23)cc1. The quantitative estimate of drug-likeness (QED) is 0.263. The van der Waals surface area contributed by atoms with Crippen molar-refractivity contribution in [2.45, 2.75) is 30.6 Å². The average molecular weight is 476 g/mol. The molecule has 0 bridgehead atoms. The highest BCUT2D eigenvalue weighted by Gasteiger charge is 2.29. The van der Waals surface area contributed by atoms with Crippen molar-refractivity contribution in [3.05, 3.63) is 114 Å². The van der Waals surface area contributed by atoms with Crippen LogP contribution >= 0.6 is 0 Å². The Morgan fingerprint density at radius 2 is 1.11 bits per heavy atom. The Morgan fingerprint density at radius 3 is 1.74 bits per heavy atom. The normalized spacial score (nSPS) is 12.1. The second kappa shape index (κ2) is 7.82. The lowest BCUT2D eigenvalue weighted by Gasteiger charge is -2.18. The van der Waals surface area contributed by atoms with Gasteiger partial charge < -0.3 is 4.40 Å². The van der Waals surface area contributed by atoms with Crippen LogP contribution in [0.5, 0.6) is 0 Å². The second-order valence-corrected chi connectivity index (χ2v) is 11.1. The number of hydrogen-bond acceptors (Lipinski definition) is 2. The monoisotopic (exact) mass is 475 g/mol. The highest BCUT2D eigenvalue weighted by molar-refractivity contribution is 7.92. The maximum absolute atomic E-state index is 14.4. The fourth-order valence-electron chi connectivity index (χ4n) is 5.16. The summed E-state index contributed by atoms with van der Waals surface area (Å²) in [6.07, 6.45) is 0. The van der Waals surface area contributed by atoms with Gasteiger partial charge in [-0.15, -0.1) is 0 Å². The fraction of sp³-hybridized carbons (Fsp3) is 0.0968. The summed E-state index contributed by atoms with van der Waals surface area (Å²) in [7, 11) is -3.83. The molecule has 0 fully saturated rings. The first-order valence-electron chi connectivity index (χ1n) is 11.7. The van der Waals surface area contributed by atoms with E-state index in [0.29, 0.717) is 9.79 Å². The first kappa shape index (κ1) is 21.6.